The van der Waals surface area contributed by atoms with Gasteiger partial charge in [-0.2, -0.15) is 5.10 Å². The average Bonchev–Trinajstić information content (AvgIpc) is 2.50. The van der Waals surface area contributed by atoms with Crippen LogP contribution in [0.1, 0.15) is 21.5 Å². The molecule has 0 aliphatic rings. The van der Waals surface area contributed by atoms with Crippen LogP contribution in [-0.4, -0.2) is 17.0 Å². The van der Waals surface area contributed by atoms with Crippen LogP contribution in [-0.2, 0) is 0 Å². The van der Waals surface area contributed by atoms with E-state index in [1.807, 2.05) is 6.92 Å². The molecule has 0 saturated carbocycles. The van der Waals surface area contributed by atoms with E-state index >= 15 is 0 Å². The van der Waals surface area contributed by atoms with E-state index in [9.17, 15) is 14.9 Å². The molecule has 112 valence electrons. The van der Waals surface area contributed by atoms with Crippen molar-refractivity contribution in [2.45, 2.75) is 6.92 Å². The number of nitrogens with one attached hydrogen (secondary N) is 1. The number of nitrogens with zero attached hydrogens (tertiary/aromatic N) is 2. The number of benzene rings is 2. The summed E-state index contributed by atoms with van der Waals surface area (Å²) in [5.74, 6) is -0.389. The molecule has 0 spiro atoms. The maximum atomic E-state index is 11.9. The third kappa shape index (κ3) is 3.89. The summed E-state index contributed by atoms with van der Waals surface area (Å²) in [6.07, 6.45) is 1.40. The standard InChI is InChI=1S/C15H12ClN3O3/c1-10-2-5-12(8-14(10)16)15(20)18-17-9-11-3-6-13(7-4-11)19(21)22/h2-9H,1H3,(H,18,20)/b17-9+. The van der Waals surface area contributed by atoms with Crippen molar-refractivity contribution in [1.82, 2.24) is 5.43 Å². The monoisotopic (exact) mass is 317 g/mol. The van der Waals surface area contributed by atoms with E-state index in [0.717, 1.165) is 5.56 Å². The third-order valence-corrected chi connectivity index (χ3v) is 3.32. The van der Waals surface area contributed by atoms with Gasteiger partial charge in [0.15, 0.2) is 0 Å². The lowest BCUT2D eigenvalue weighted by atomic mass is 10.1. The number of aryl methyl sites for hydroxylation is 1. The molecule has 0 aliphatic carbocycles. The maximum absolute atomic E-state index is 11.9. The van der Waals surface area contributed by atoms with Crippen LogP contribution in [0.25, 0.3) is 0 Å². The molecule has 0 atom stereocenters. The first-order valence-electron chi connectivity index (χ1n) is 6.31. The lowest BCUT2D eigenvalue weighted by molar-refractivity contribution is -0.384. The largest absolute Gasteiger partial charge is 0.271 e. The van der Waals surface area contributed by atoms with Crippen molar-refractivity contribution >= 4 is 29.4 Å². The quantitative estimate of drug-likeness (QED) is 0.533. The molecular formula is C15H12ClN3O3. The molecule has 0 radical (unpaired) electrons. The second-order valence-corrected chi connectivity index (χ2v) is 4.92. The van der Waals surface area contributed by atoms with Gasteiger partial charge < -0.3 is 0 Å². The van der Waals surface area contributed by atoms with Crippen molar-refractivity contribution in [2.24, 2.45) is 5.10 Å². The fourth-order valence-electron chi connectivity index (χ4n) is 1.65. The Hall–Kier alpha value is -2.73. The first kappa shape index (κ1) is 15.7. The Morgan fingerprint density at radius 2 is 1.95 bits per heavy atom. The van der Waals surface area contributed by atoms with Gasteiger partial charge in [-0.05, 0) is 42.3 Å². The number of nitro benzene ring substituents is 1. The number of carbonyl (C=O) groups excluding carboxylic acids is 1. The molecule has 0 unspecified atom stereocenters. The lowest BCUT2D eigenvalue weighted by Crippen LogP contribution is -2.17. The molecule has 22 heavy (non-hydrogen) atoms. The van der Waals surface area contributed by atoms with Crippen molar-refractivity contribution in [3.8, 4) is 0 Å². The molecule has 1 N–H and O–H groups in total. The number of hydrazone groups is 1. The summed E-state index contributed by atoms with van der Waals surface area (Å²) in [5, 5.41) is 14.8. The van der Waals surface area contributed by atoms with Gasteiger partial charge in [0.05, 0.1) is 11.1 Å². The summed E-state index contributed by atoms with van der Waals surface area (Å²) in [5.41, 5.74) is 4.28. The van der Waals surface area contributed by atoms with E-state index in [2.05, 4.69) is 10.5 Å². The summed E-state index contributed by atoms with van der Waals surface area (Å²) < 4.78 is 0. The number of halogens is 1. The normalized spacial score (nSPS) is 10.6. The Kier molecular flexibility index (Phi) is 4.85. The number of hydrogen-bond donors (Lipinski definition) is 1. The Balaban J connectivity index is 2.00. The van der Waals surface area contributed by atoms with Gasteiger partial charge in [-0.3, -0.25) is 14.9 Å². The van der Waals surface area contributed by atoms with Gasteiger partial charge in [0.25, 0.3) is 11.6 Å². The van der Waals surface area contributed by atoms with Crippen LogP contribution >= 0.6 is 11.6 Å². The predicted molar refractivity (Wildman–Crippen MR) is 84.3 cm³/mol. The van der Waals surface area contributed by atoms with Crippen LogP contribution < -0.4 is 5.43 Å². The Morgan fingerprint density at radius 3 is 2.55 bits per heavy atom. The Labute approximate surface area is 131 Å². The molecule has 2 aromatic carbocycles. The second-order valence-electron chi connectivity index (χ2n) is 4.51. The molecule has 2 rings (SSSR count). The van der Waals surface area contributed by atoms with E-state index in [-0.39, 0.29) is 11.6 Å². The SMILES string of the molecule is Cc1ccc(C(=O)N/N=C/c2ccc([N+](=O)[O-])cc2)cc1Cl. The summed E-state index contributed by atoms with van der Waals surface area (Å²) in [4.78, 5) is 21.9. The molecule has 2 aromatic rings. The zero-order valence-electron chi connectivity index (χ0n) is 11.6. The predicted octanol–water partition coefficient (Wildman–Crippen LogP) is 3.32. The number of non-ortho nitro benzene ring substituents is 1. The maximum Gasteiger partial charge on any atom is 0.271 e. The fraction of sp³-hybridized carbons (Fsp3) is 0.0667. The lowest BCUT2D eigenvalue weighted by Gasteiger charge is -2.02. The molecule has 0 saturated heterocycles. The first-order valence-corrected chi connectivity index (χ1v) is 6.69. The van der Waals surface area contributed by atoms with E-state index in [1.165, 1.54) is 30.5 Å². The Morgan fingerprint density at radius 1 is 1.27 bits per heavy atom. The van der Waals surface area contributed by atoms with Gasteiger partial charge in [0.2, 0.25) is 0 Å². The van der Waals surface area contributed by atoms with Gasteiger partial charge in [0, 0.05) is 22.7 Å². The molecular weight excluding hydrogens is 306 g/mol. The zero-order chi connectivity index (χ0) is 16.1. The van der Waals surface area contributed by atoms with Gasteiger partial charge in [-0.1, -0.05) is 17.7 Å². The van der Waals surface area contributed by atoms with E-state index in [4.69, 9.17) is 11.6 Å². The van der Waals surface area contributed by atoms with E-state index in [1.54, 1.807) is 18.2 Å². The number of hydrogen-bond acceptors (Lipinski definition) is 4. The van der Waals surface area contributed by atoms with Crippen LogP contribution in [0.15, 0.2) is 47.6 Å². The minimum absolute atomic E-state index is 0.00418. The molecule has 0 fully saturated rings. The highest BCUT2D eigenvalue weighted by Gasteiger charge is 2.06. The summed E-state index contributed by atoms with van der Waals surface area (Å²) in [6.45, 7) is 1.84. The summed E-state index contributed by atoms with van der Waals surface area (Å²) in [6, 6.07) is 10.8. The van der Waals surface area contributed by atoms with Crippen LogP contribution in [0.4, 0.5) is 5.69 Å². The number of amides is 1. The molecule has 6 nitrogen and oxygen atoms in total. The van der Waals surface area contributed by atoms with Gasteiger partial charge in [-0.15, -0.1) is 0 Å². The van der Waals surface area contributed by atoms with E-state index in [0.29, 0.717) is 16.1 Å². The highest BCUT2D eigenvalue weighted by atomic mass is 35.5. The zero-order valence-corrected chi connectivity index (χ0v) is 12.4. The van der Waals surface area contributed by atoms with Crippen LogP contribution in [0.5, 0.6) is 0 Å². The molecule has 0 aromatic heterocycles. The average molecular weight is 318 g/mol. The number of carbonyl (C=O) groups is 1. The molecule has 0 bridgehead atoms. The van der Waals surface area contributed by atoms with Crippen LogP contribution in [0.3, 0.4) is 0 Å². The molecule has 0 aliphatic heterocycles. The highest BCUT2D eigenvalue weighted by Crippen LogP contribution is 2.16. The van der Waals surface area contributed by atoms with Crippen LogP contribution in [0, 0.1) is 17.0 Å². The highest BCUT2D eigenvalue weighted by molar-refractivity contribution is 6.31. The fourth-order valence-corrected chi connectivity index (χ4v) is 1.83. The summed E-state index contributed by atoms with van der Waals surface area (Å²) >= 11 is 5.95. The van der Waals surface area contributed by atoms with Crippen molar-refractivity contribution < 1.29 is 9.72 Å². The van der Waals surface area contributed by atoms with Gasteiger partial charge >= 0.3 is 0 Å². The Bertz CT molecular complexity index is 742. The number of nitro groups is 1. The molecule has 0 heterocycles. The van der Waals surface area contributed by atoms with Gasteiger partial charge in [0.1, 0.15) is 0 Å². The van der Waals surface area contributed by atoms with E-state index < -0.39 is 4.92 Å². The smallest absolute Gasteiger partial charge is 0.267 e. The topological polar surface area (TPSA) is 84.6 Å². The number of rotatable bonds is 4. The summed E-state index contributed by atoms with van der Waals surface area (Å²) in [7, 11) is 0. The van der Waals surface area contributed by atoms with Crippen molar-refractivity contribution in [1.29, 1.82) is 0 Å². The molecule has 1 amide bonds. The van der Waals surface area contributed by atoms with Crippen molar-refractivity contribution in [2.75, 3.05) is 0 Å². The molecule has 7 heteroatoms. The van der Waals surface area contributed by atoms with Crippen LogP contribution in [0.2, 0.25) is 5.02 Å². The minimum atomic E-state index is -0.482. The first-order chi connectivity index (χ1) is 10.5. The minimum Gasteiger partial charge on any atom is -0.267 e. The third-order valence-electron chi connectivity index (χ3n) is 2.92. The van der Waals surface area contributed by atoms with Crippen molar-refractivity contribution in [3.05, 3.63) is 74.3 Å². The van der Waals surface area contributed by atoms with Crippen molar-refractivity contribution in [3.63, 3.8) is 0 Å². The second kappa shape index (κ2) is 6.82. The van der Waals surface area contributed by atoms with Gasteiger partial charge in [-0.25, -0.2) is 5.43 Å².